The maximum absolute atomic E-state index is 14.4. The first-order chi connectivity index (χ1) is 16.0. The van der Waals surface area contributed by atoms with Gasteiger partial charge < -0.3 is 26.2 Å². The molecule has 7 atom stereocenters. The number of fused-ring (bicyclic) bond motifs is 1. The van der Waals surface area contributed by atoms with Crippen molar-refractivity contribution in [2.24, 2.45) is 17.6 Å². The Hall–Kier alpha value is -0.760. The van der Waals surface area contributed by atoms with Gasteiger partial charge in [0.2, 0.25) is 5.91 Å². The van der Waals surface area contributed by atoms with Crippen LogP contribution < -0.4 is 16.4 Å². The monoisotopic (exact) mass is 463 g/mol. The molecule has 0 aromatic carbocycles. The minimum absolute atomic E-state index is 0.0144. The Labute approximate surface area is 199 Å². The highest BCUT2D eigenvalue weighted by Gasteiger charge is 2.46. The summed E-state index contributed by atoms with van der Waals surface area (Å²) in [5, 5.41) is 6.86. The van der Waals surface area contributed by atoms with Gasteiger partial charge in [-0.1, -0.05) is 6.92 Å². The smallest absolute Gasteiger partial charge is 0.237 e. The van der Waals surface area contributed by atoms with E-state index >= 15 is 0 Å². The van der Waals surface area contributed by atoms with Crippen molar-refractivity contribution >= 4 is 5.91 Å². The second-order valence-electron chi connectivity index (χ2n) is 11.9. The van der Waals surface area contributed by atoms with E-state index in [4.69, 9.17) is 5.73 Å². The van der Waals surface area contributed by atoms with Crippen LogP contribution in [0.5, 0.6) is 0 Å². The van der Waals surface area contributed by atoms with Crippen molar-refractivity contribution < 1.29 is 9.18 Å². The zero-order valence-electron chi connectivity index (χ0n) is 20.6. The Morgan fingerprint density at radius 2 is 1.61 bits per heavy atom. The molecule has 1 amide bonds. The van der Waals surface area contributed by atoms with E-state index in [1.807, 2.05) is 0 Å². The van der Waals surface area contributed by atoms with E-state index < -0.39 is 6.17 Å². The molecule has 0 aromatic heterocycles. The standard InChI is InChI=1S/C26H46FN5O/c1-17-5-6-23(27)22-16-24(30-25(17)22)26(33)29-19-3-2-4-21(15-19)32-13-9-20(10-14-32)31-11-7-18(28)8-12-31/h17-25,30H,2-16,28H2,1H3,(H,29,33). The van der Waals surface area contributed by atoms with Crippen LogP contribution in [0.4, 0.5) is 4.39 Å². The zero-order valence-corrected chi connectivity index (χ0v) is 20.6. The molecule has 188 valence electrons. The predicted molar refractivity (Wildman–Crippen MR) is 130 cm³/mol. The summed E-state index contributed by atoms with van der Waals surface area (Å²) < 4.78 is 14.4. The topological polar surface area (TPSA) is 73.6 Å². The summed E-state index contributed by atoms with van der Waals surface area (Å²) in [4.78, 5) is 18.4. The van der Waals surface area contributed by atoms with Crippen molar-refractivity contribution in [3.63, 3.8) is 0 Å². The fourth-order valence-corrected chi connectivity index (χ4v) is 7.63. The summed E-state index contributed by atoms with van der Waals surface area (Å²) in [7, 11) is 0. The van der Waals surface area contributed by atoms with Gasteiger partial charge in [0.15, 0.2) is 0 Å². The molecule has 5 aliphatic rings. The minimum Gasteiger partial charge on any atom is -0.352 e. The maximum atomic E-state index is 14.4. The number of rotatable bonds is 4. The van der Waals surface area contributed by atoms with Crippen molar-refractivity contribution in [3.05, 3.63) is 0 Å². The highest BCUT2D eigenvalue weighted by molar-refractivity contribution is 5.82. The van der Waals surface area contributed by atoms with Crippen molar-refractivity contribution in [3.8, 4) is 0 Å². The number of carbonyl (C=O) groups excluding carboxylic acids is 1. The van der Waals surface area contributed by atoms with E-state index in [9.17, 15) is 9.18 Å². The SMILES string of the molecule is CC1CCC(F)C2CC(C(=O)NC3CCCC(N4CCC(N5CCC(N)CC5)CC4)C3)NC12. The average molecular weight is 464 g/mol. The van der Waals surface area contributed by atoms with E-state index in [2.05, 4.69) is 27.4 Å². The number of hydrogen-bond donors (Lipinski definition) is 3. The lowest BCUT2D eigenvalue weighted by molar-refractivity contribution is -0.124. The first-order valence-corrected chi connectivity index (χ1v) is 13.9. The van der Waals surface area contributed by atoms with E-state index in [0.717, 1.165) is 38.1 Å². The van der Waals surface area contributed by atoms with Crippen molar-refractivity contribution in [2.45, 2.75) is 120 Å². The van der Waals surface area contributed by atoms with Gasteiger partial charge in [-0.3, -0.25) is 4.79 Å². The molecule has 33 heavy (non-hydrogen) atoms. The fourth-order valence-electron chi connectivity index (χ4n) is 7.63. The number of nitrogens with one attached hydrogen (secondary N) is 2. The Morgan fingerprint density at radius 3 is 2.33 bits per heavy atom. The van der Waals surface area contributed by atoms with Gasteiger partial charge in [-0.25, -0.2) is 4.39 Å². The first kappa shape index (κ1) is 24.0. The average Bonchev–Trinajstić information content (AvgIpc) is 3.30. The second-order valence-corrected chi connectivity index (χ2v) is 11.9. The number of hydrogen-bond acceptors (Lipinski definition) is 5. The van der Waals surface area contributed by atoms with Gasteiger partial charge in [0.05, 0.1) is 6.04 Å². The van der Waals surface area contributed by atoms with Crippen LogP contribution in [0, 0.1) is 11.8 Å². The summed E-state index contributed by atoms with van der Waals surface area (Å²) in [6.45, 7) is 6.90. The highest BCUT2D eigenvalue weighted by Crippen LogP contribution is 2.38. The first-order valence-electron chi connectivity index (χ1n) is 13.9. The van der Waals surface area contributed by atoms with Gasteiger partial charge in [0.1, 0.15) is 6.17 Å². The lowest BCUT2D eigenvalue weighted by atomic mass is 9.77. The summed E-state index contributed by atoms with van der Waals surface area (Å²) in [5.41, 5.74) is 6.09. The molecular formula is C26H46FN5O. The van der Waals surface area contributed by atoms with E-state index in [-0.39, 0.29) is 30.0 Å². The number of halogens is 1. The fraction of sp³-hybridized carbons (Fsp3) is 0.962. The molecule has 0 radical (unpaired) electrons. The number of nitrogens with zero attached hydrogens (tertiary/aromatic N) is 2. The molecule has 3 saturated heterocycles. The molecule has 4 N–H and O–H groups in total. The van der Waals surface area contributed by atoms with Crippen LogP contribution in [0.2, 0.25) is 0 Å². The molecule has 7 unspecified atom stereocenters. The zero-order chi connectivity index (χ0) is 22.9. The van der Waals surface area contributed by atoms with Crippen molar-refractivity contribution in [2.75, 3.05) is 26.2 Å². The van der Waals surface area contributed by atoms with Gasteiger partial charge in [-0.2, -0.15) is 0 Å². The summed E-state index contributed by atoms with van der Waals surface area (Å²) in [6, 6.07) is 1.94. The van der Waals surface area contributed by atoms with Gasteiger partial charge >= 0.3 is 0 Å². The highest BCUT2D eigenvalue weighted by atomic mass is 19.1. The number of piperidine rings is 2. The predicted octanol–water partition coefficient (Wildman–Crippen LogP) is 2.42. The Kier molecular flexibility index (Phi) is 7.60. The van der Waals surface area contributed by atoms with E-state index in [0.29, 0.717) is 30.8 Å². The maximum Gasteiger partial charge on any atom is 0.237 e. The van der Waals surface area contributed by atoms with Crippen LogP contribution in [0.1, 0.15) is 77.6 Å². The summed E-state index contributed by atoms with van der Waals surface area (Å²) in [5.74, 6) is 0.584. The van der Waals surface area contributed by atoms with E-state index in [1.165, 1.54) is 51.9 Å². The molecule has 2 aliphatic carbocycles. The van der Waals surface area contributed by atoms with E-state index in [1.54, 1.807) is 0 Å². The van der Waals surface area contributed by atoms with Crippen LogP contribution in [-0.2, 0) is 4.79 Å². The van der Waals surface area contributed by atoms with Crippen LogP contribution in [-0.4, -0.2) is 84.3 Å². The van der Waals surface area contributed by atoms with Gasteiger partial charge in [-0.15, -0.1) is 0 Å². The Balaban J connectivity index is 1.08. The van der Waals surface area contributed by atoms with Gasteiger partial charge in [0.25, 0.3) is 0 Å². The molecule has 3 heterocycles. The largest absolute Gasteiger partial charge is 0.352 e. The summed E-state index contributed by atoms with van der Waals surface area (Å²) in [6.07, 6.45) is 10.9. The molecule has 6 nitrogen and oxygen atoms in total. The summed E-state index contributed by atoms with van der Waals surface area (Å²) >= 11 is 0. The third-order valence-corrected chi connectivity index (χ3v) is 9.75. The number of amides is 1. The molecule has 0 bridgehead atoms. The number of likely N-dealkylation sites (tertiary alicyclic amines) is 2. The van der Waals surface area contributed by atoms with Crippen LogP contribution in [0.25, 0.3) is 0 Å². The third kappa shape index (κ3) is 5.41. The molecule has 0 aromatic rings. The van der Waals surface area contributed by atoms with Crippen LogP contribution >= 0.6 is 0 Å². The van der Waals surface area contributed by atoms with Gasteiger partial charge in [0, 0.05) is 36.1 Å². The normalized spacial score (nSPS) is 42.2. The Bertz CT molecular complexity index is 645. The molecule has 7 heteroatoms. The molecular weight excluding hydrogens is 417 g/mol. The van der Waals surface area contributed by atoms with Crippen molar-refractivity contribution in [1.82, 2.24) is 20.4 Å². The second kappa shape index (κ2) is 10.5. The molecule has 5 rings (SSSR count). The quantitative estimate of drug-likeness (QED) is 0.597. The van der Waals surface area contributed by atoms with Crippen LogP contribution in [0.3, 0.4) is 0 Å². The minimum atomic E-state index is -0.750. The third-order valence-electron chi connectivity index (χ3n) is 9.75. The molecule has 2 saturated carbocycles. The molecule has 3 aliphatic heterocycles. The van der Waals surface area contributed by atoms with Crippen molar-refractivity contribution in [1.29, 1.82) is 0 Å². The Morgan fingerprint density at radius 1 is 0.909 bits per heavy atom. The number of carbonyl (C=O) groups is 1. The molecule has 0 spiro atoms. The van der Waals surface area contributed by atoms with Crippen LogP contribution in [0.15, 0.2) is 0 Å². The molecule has 5 fully saturated rings. The lowest BCUT2D eigenvalue weighted by Crippen LogP contribution is -2.54. The lowest BCUT2D eigenvalue weighted by Gasteiger charge is -2.45. The number of nitrogens with two attached hydrogens (primary N) is 1. The number of alkyl halides is 1. The van der Waals surface area contributed by atoms with Gasteiger partial charge in [-0.05, 0) is 103 Å².